The van der Waals surface area contributed by atoms with Crippen LogP contribution in [0.25, 0.3) is 0 Å². The molecule has 86 valence electrons. The van der Waals surface area contributed by atoms with E-state index in [2.05, 4.69) is 25.8 Å². The van der Waals surface area contributed by atoms with Crippen molar-refractivity contribution in [2.75, 3.05) is 6.54 Å². The molecule has 1 unspecified atom stereocenters. The second-order valence-corrected chi connectivity index (χ2v) is 6.55. The van der Waals surface area contributed by atoms with Crippen LogP contribution in [0.4, 0.5) is 0 Å². The monoisotopic (exact) mass is 296 g/mol. The van der Waals surface area contributed by atoms with E-state index >= 15 is 0 Å². The molecule has 0 aromatic carbocycles. The molecular weight excluding hydrogens is 284 g/mol. The van der Waals surface area contributed by atoms with Gasteiger partial charge in [0.2, 0.25) is 10.0 Å². The molecule has 1 atom stereocenters. The number of aromatic nitrogens is 1. The zero-order valence-corrected chi connectivity index (χ0v) is 11.1. The summed E-state index contributed by atoms with van der Waals surface area (Å²) in [6.07, 6.45) is 0. The summed E-state index contributed by atoms with van der Waals surface area (Å²) in [6.45, 7) is 5.36. The van der Waals surface area contributed by atoms with E-state index < -0.39 is 10.0 Å². The molecule has 15 heavy (non-hydrogen) atoms. The van der Waals surface area contributed by atoms with Gasteiger partial charge < -0.3 is 4.52 Å². The van der Waals surface area contributed by atoms with E-state index in [1.54, 1.807) is 13.8 Å². The topological polar surface area (TPSA) is 72.2 Å². The van der Waals surface area contributed by atoms with E-state index in [-0.39, 0.29) is 9.72 Å². The molecule has 1 rings (SSSR count). The van der Waals surface area contributed by atoms with Gasteiger partial charge in [0.1, 0.15) is 10.6 Å². The summed E-state index contributed by atoms with van der Waals surface area (Å²) < 4.78 is 30.9. The zero-order chi connectivity index (χ0) is 11.6. The quantitative estimate of drug-likeness (QED) is 0.852. The predicted molar refractivity (Wildman–Crippen MR) is 59.6 cm³/mol. The summed E-state index contributed by atoms with van der Waals surface area (Å²) in [5.74, 6) is 0.308. The maximum absolute atomic E-state index is 11.8. The number of nitrogens with one attached hydrogen (secondary N) is 1. The summed E-state index contributed by atoms with van der Waals surface area (Å²) in [7, 11) is -3.51. The Bertz CT molecular complexity index is 419. The molecule has 7 heteroatoms. The summed E-state index contributed by atoms with van der Waals surface area (Å²) in [5, 5.41) is 3.60. The number of hydrogen-bond donors (Lipinski definition) is 1. The smallest absolute Gasteiger partial charge is 0.246 e. The van der Waals surface area contributed by atoms with Crippen LogP contribution in [-0.2, 0) is 10.0 Å². The van der Waals surface area contributed by atoms with Gasteiger partial charge in [-0.3, -0.25) is 0 Å². The number of halogens is 1. The fourth-order valence-corrected chi connectivity index (χ4v) is 2.99. The Balaban J connectivity index is 2.96. The molecule has 0 fully saturated rings. The molecule has 1 aromatic rings. The van der Waals surface area contributed by atoms with Crippen LogP contribution in [0.15, 0.2) is 9.42 Å². The summed E-state index contributed by atoms with van der Waals surface area (Å²) >= 11 is 3.26. The van der Waals surface area contributed by atoms with Crippen molar-refractivity contribution in [2.24, 2.45) is 0 Å². The fraction of sp³-hybridized carbons (Fsp3) is 0.625. The molecule has 5 nitrogen and oxygen atoms in total. The first-order valence-electron chi connectivity index (χ1n) is 4.41. The number of nitrogens with zero attached hydrogens (tertiary/aromatic N) is 1. The molecule has 1 N–H and O–H groups in total. The molecule has 0 saturated carbocycles. The van der Waals surface area contributed by atoms with Crippen LogP contribution < -0.4 is 4.72 Å². The molecule has 0 spiro atoms. The first-order chi connectivity index (χ1) is 6.84. The lowest BCUT2D eigenvalue weighted by Gasteiger charge is -2.06. The minimum absolute atomic E-state index is 0.0766. The second kappa shape index (κ2) is 4.63. The highest BCUT2D eigenvalue weighted by Gasteiger charge is 2.23. The van der Waals surface area contributed by atoms with Crippen molar-refractivity contribution in [3.05, 3.63) is 11.5 Å². The van der Waals surface area contributed by atoms with Crippen LogP contribution in [0.5, 0.6) is 0 Å². The highest BCUT2D eigenvalue weighted by molar-refractivity contribution is 9.09. The standard InChI is InChI=1S/C8H13BrN2O3S/c1-5(9)4-10-15(12,13)8-6(2)11-14-7(8)3/h5,10H,4H2,1-3H3. The van der Waals surface area contributed by atoms with Gasteiger partial charge in [0, 0.05) is 11.4 Å². The minimum atomic E-state index is -3.51. The maximum atomic E-state index is 11.8. The number of hydrogen-bond acceptors (Lipinski definition) is 4. The van der Waals surface area contributed by atoms with Crippen LogP contribution in [0.1, 0.15) is 18.4 Å². The van der Waals surface area contributed by atoms with Gasteiger partial charge in [-0.1, -0.05) is 28.0 Å². The summed E-state index contributed by atoms with van der Waals surface area (Å²) in [4.78, 5) is 0.211. The van der Waals surface area contributed by atoms with E-state index in [1.807, 2.05) is 6.92 Å². The molecule has 1 heterocycles. The number of rotatable bonds is 4. The van der Waals surface area contributed by atoms with Gasteiger partial charge in [-0.2, -0.15) is 0 Å². The Morgan fingerprint density at radius 2 is 2.13 bits per heavy atom. The molecule has 0 saturated heterocycles. The van der Waals surface area contributed by atoms with Crippen molar-refractivity contribution in [1.82, 2.24) is 9.88 Å². The van der Waals surface area contributed by atoms with Crippen molar-refractivity contribution < 1.29 is 12.9 Å². The number of sulfonamides is 1. The zero-order valence-electron chi connectivity index (χ0n) is 8.74. The van der Waals surface area contributed by atoms with Crippen LogP contribution in [0.3, 0.4) is 0 Å². The van der Waals surface area contributed by atoms with Crippen LogP contribution in [0, 0.1) is 13.8 Å². The number of aryl methyl sites for hydroxylation is 2. The Morgan fingerprint density at radius 1 is 1.53 bits per heavy atom. The molecule has 1 aromatic heterocycles. The van der Waals surface area contributed by atoms with Gasteiger partial charge in [-0.25, -0.2) is 13.1 Å². The average molecular weight is 297 g/mol. The molecule has 0 bridgehead atoms. The van der Waals surface area contributed by atoms with Crippen molar-refractivity contribution in [1.29, 1.82) is 0 Å². The molecular formula is C8H13BrN2O3S. The summed E-state index contributed by atoms with van der Waals surface area (Å²) in [6, 6.07) is 0. The lowest BCUT2D eigenvalue weighted by atomic mass is 10.4. The van der Waals surface area contributed by atoms with E-state index in [0.717, 1.165) is 0 Å². The van der Waals surface area contributed by atoms with Crippen LogP contribution in [0.2, 0.25) is 0 Å². The van der Waals surface area contributed by atoms with E-state index in [9.17, 15) is 8.42 Å². The van der Waals surface area contributed by atoms with Gasteiger partial charge in [-0.05, 0) is 13.8 Å². The first kappa shape index (κ1) is 12.7. The Labute approximate surface area is 97.4 Å². The normalized spacial score (nSPS) is 14.1. The highest BCUT2D eigenvalue weighted by atomic mass is 79.9. The van der Waals surface area contributed by atoms with Crippen molar-refractivity contribution in [2.45, 2.75) is 30.5 Å². The third-order valence-corrected chi connectivity index (χ3v) is 3.78. The third-order valence-electron chi connectivity index (χ3n) is 1.79. The number of alkyl halides is 1. The SMILES string of the molecule is Cc1noc(C)c1S(=O)(=O)NCC(C)Br. The minimum Gasteiger partial charge on any atom is -0.360 e. The van der Waals surface area contributed by atoms with Crippen molar-refractivity contribution in [3.63, 3.8) is 0 Å². The molecule has 0 aliphatic rings. The molecule has 0 aliphatic carbocycles. The van der Waals surface area contributed by atoms with Crippen LogP contribution in [-0.4, -0.2) is 24.9 Å². The van der Waals surface area contributed by atoms with Crippen molar-refractivity contribution in [3.8, 4) is 0 Å². The molecule has 0 radical (unpaired) electrons. The summed E-state index contributed by atoms with van der Waals surface area (Å²) in [5.41, 5.74) is 0.377. The van der Waals surface area contributed by atoms with Gasteiger partial charge >= 0.3 is 0 Å². The Kier molecular flexibility index (Phi) is 3.91. The predicted octanol–water partition coefficient (Wildman–Crippen LogP) is 1.35. The van der Waals surface area contributed by atoms with Gasteiger partial charge in [0.15, 0.2) is 5.76 Å². The third kappa shape index (κ3) is 3.02. The van der Waals surface area contributed by atoms with E-state index in [0.29, 0.717) is 18.0 Å². The Hall–Kier alpha value is -0.400. The van der Waals surface area contributed by atoms with Crippen molar-refractivity contribution >= 4 is 26.0 Å². The van der Waals surface area contributed by atoms with Gasteiger partial charge in [0.05, 0.1) is 0 Å². The lowest BCUT2D eigenvalue weighted by Crippen LogP contribution is -2.29. The Morgan fingerprint density at radius 3 is 2.53 bits per heavy atom. The lowest BCUT2D eigenvalue weighted by molar-refractivity contribution is 0.390. The van der Waals surface area contributed by atoms with E-state index in [4.69, 9.17) is 4.52 Å². The molecule has 0 amide bonds. The fourth-order valence-electron chi connectivity index (χ4n) is 1.15. The van der Waals surface area contributed by atoms with Crippen LogP contribution >= 0.6 is 15.9 Å². The van der Waals surface area contributed by atoms with Gasteiger partial charge in [0.25, 0.3) is 0 Å². The van der Waals surface area contributed by atoms with Gasteiger partial charge in [-0.15, -0.1) is 0 Å². The largest absolute Gasteiger partial charge is 0.360 e. The van der Waals surface area contributed by atoms with E-state index in [1.165, 1.54) is 0 Å². The second-order valence-electron chi connectivity index (χ2n) is 3.29. The molecule has 0 aliphatic heterocycles. The first-order valence-corrected chi connectivity index (χ1v) is 6.81. The highest BCUT2D eigenvalue weighted by Crippen LogP contribution is 2.18. The average Bonchev–Trinajstić information content (AvgIpc) is 2.43. The maximum Gasteiger partial charge on any atom is 0.246 e.